The van der Waals surface area contributed by atoms with Crippen LogP contribution in [0.1, 0.15) is 11.1 Å². The van der Waals surface area contributed by atoms with E-state index in [1.807, 2.05) is 6.07 Å². The number of benzene rings is 2. The highest BCUT2D eigenvalue weighted by atomic mass is 15.2. The van der Waals surface area contributed by atoms with Crippen molar-refractivity contribution in [2.24, 2.45) is 0 Å². The highest BCUT2D eigenvalue weighted by Gasteiger charge is 2.14. The summed E-state index contributed by atoms with van der Waals surface area (Å²) < 4.78 is 4.35. The van der Waals surface area contributed by atoms with Crippen molar-refractivity contribution in [2.45, 2.75) is 13.5 Å². The van der Waals surface area contributed by atoms with E-state index in [-0.39, 0.29) is 0 Å². The standard InChI is InChI=1S/C19H18N3/c1-15-17-9-5-6-10-18(17)20-19(15)22-12-11-21(14-22)13-16-7-3-2-4-8-16/h2-12,14,20H,13H2,1H3/q+1. The quantitative estimate of drug-likeness (QED) is 0.557. The molecule has 0 aliphatic rings. The molecule has 2 heterocycles. The molecular weight excluding hydrogens is 270 g/mol. The van der Waals surface area contributed by atoms with E-state index in [9.17, 15) is 0 Å². The molecule has 108 valence electrons. The number of nitrogens with zero attached hydrogens (tertiary/aromatic N) is 2. The van der Waals surface area contributed by atoms with Gasteiger partial charge in [-0.25, -0.2) is 4.57 Å². The Kier molecular flexibility index (Phi) is 3.04. The average molecular weight is 288 g/mol. The van der Waals surface area contributed by atoms with Gasteiger partial charge in [0.05, 0.1) is 0 Å². The van der Waals surface area contributed by atoms with E-state index in [1.54, 1.807) is 0 Å². The molecule has 0 unspecified atom stereocenters. The molecule has 0 saturated heterocycles. The van der Waals surface area contributed by atoms with Crippen molar-refractivity contribution < 1.29 is 4.57 Å². The van der Waals surface area contributed by atoms with Gasteiger partial charge in [-0.3, -0.25) is 0 Å². The Hall–Kier alpha value is -2.81. The van der Waals surface area contributed by atoms with Crippen molar-refractivity contribution in [3.05, 3.63) is 84.4 Å². The summed E-state index contributed by atoms with van der Waals surface area (Å²) in [5, 5.41) is 1.28. The molecule has 0 aliphatic carbocycles. The van der Waals surface area contributed by atoms with Gasteiger partial charge in [0.1, 0.15) is 18.9 Å². The van der Waals surface area contributed by atoms with Crippen molar-refractivity contribution >= 4 is 10.9 Å². The van der Waals surface area contributed by atoms with Crippen LogP contribution in [0.4, 0.5) is 0 Å². The predicted octanol–water partition coefficient (Wildman–Crippen LogP) is 3.60. The molecule has 0 aliphatic heterocycles. The second kappa shape index (κ2) is 5.19. The molecule has 0 bridgehead atoms. The summed E-state index contributed by atoms with van der Waals surface area (Å²) in [5.41, 5.74) is 3.76. The zero-order chi connectivity index (χ0) is 14.9. The molecule has 3 heteroatoms. The van der Waals surface area contributed by atoms with Crippen LogP contribution in [0.2, 0.25) is 0 Å². The molecule has 0 saturated carbocycles. The van der Waals surface area contributed by atoms with Gasteiger partial charge in [0, 0.05) is 16.5 Å². The molecule has 0 amide bonds. The monoisotopic (exact) mass is 288 g/mol. The van der Waals surface area contributed by atoms with E-state index in [1.165, 1.54) is 22.0 Å². The van der Waals surface area contributed by atoms with Gasteiger partial charge < -0.3 is 4.98 Å². The summed E-state index contributed by atoms with van der Waals surface area (Å²) >= 11 is 0. The van der Waals surface area contributed by atoms with Crippen LogP contribution in [-0.2, 0) is 6.54 Å². The van der Waals surface area contributed by atoms with Gasteiger partial charge in [-0.1, -0.05) is 48.5 Å². The molecule has 0 spiro atoms. The largest absolute Gasteiger partial charge is 0.321 e. The normalized spacial score (nSPS) is 11.1. The fourth-order valence-electron chi connectivity index (χ4n) is 2.94. The van der Waals surface area contributed by atoms with Gasteiger partial charge >= 0.3 is 0 Å². The third-order valence-corrected chi connectivity index (χ3v) is 4.10. The van der Waals surface area contributed by atoms with E-state index in [4.69, 9.17) is 0 Å². The molecule has 22 heavy (non-hydrogen) atoms. The maximum atomic E-state index is 3.51. The molecule has 4 aromatic rings. The molecule has 0 fully saturated rings. The Labute approximate surface area is 129 Å². The van der Waals surface area contributed by atoms with Crippen LogP contribution in [0.15, 0.2) is 73.3 Å². The molecule has 2 aromatic carbocycles. The summed E-state index contributed by atoms with van der Waals surface area (Å²) in [5.74, 6) is 1.13. The number of hydrogen-bond acceptors (Lipinski definition) is 0. The second-order valence-corrected chi connectivity index (χ2v) is 5.62. The molecular formula is C19H18N3+. The van der Waals surface area contributed by atoms with Crippen LogP contribution < -0.4 is 4.57 Å². The highest BCUT2D eigenvalue weighted by molar-refractivity contribution is 5.86. The fraction of sp³-hybridized carbons (Fsp3) is 0.105. The third-order valence-electron chi connectivity index (χ3n) is 4.10. The Balaban J connectivity index is 1.69. The highest BCUT2D eigenvalue weighted by Crippen LogP contribution is 2.23. The topological polar surface area (TPSA) is 24.6 Å². The number of fused-ring (bicyclic) bond motifs is 1. The van der Waals surface area contributed by atoms with Crippen molar-refractivity contribution in [3.63, 3.8) is 0 Å². The molecule has 4 rings (SSSR count). The Bertz CT molecular complexity index is 916. The summed E-state index contributed by atoms with van der Waals surface area (Å²) in [6.45, 7) is 3.04. The number of imidazole rings is 1. The van der Waals surface area contributed by atoms with E-state index in [0.717, 1.165) is 12.4 Å². The number of rotatable bonds is 3. The van der Waals surface area contributed by atoms with Crippen molar-refractivity contribution in [1.29, 1.82) is 0 Å². The molecule has 2 aromatic heterocycles. The van der Waals surface area contributed by atoms with Crippen LogP contribution in [0, 0.1) is 6.92 Å². The van der Waals surface area contributed by atoms with Gasteiger partial charge in [-0.05, 0) is 18.6 Å². The lowest BCUT2D eigenvalue weighted by molar-refractivity contribution is -0.687. The van der Waals surface area contributed by atoms with E-state index < -0.39 is 0 Å². The lowest BCUT2D eigenvalue weighted by Crippen LogP contribution is -2.31. The third kappa shape index (κ3) is 2.21. The maximum absolute atomic E-state index is 3.51. The second-order valence-electron chi connectivity index (χ2n) is 5.62. The zero-order valence-electron chi connectivity index (χ0n) is 12.5. The Morgan fingerprint density at radius 3 is 2.59 bits per heavy atom. The van der Waals surface area contributed by atoms with Gasteiger partial charge in [0.15, 0.2) is 0 Å². The van der Waals surface area contributed by atoms with Crippen LogP contribution in [0.3, 0.4) is 0 Å². The lowest BCUT2D eigenvalue weighted by Gasteiger charge is -1.97. The molecule has 0 atom stereocenters. The summed E-state index contributed by atoms with van der Waals surface area (Å²) in [7, 11) is 0. The van der Waals surface area contributed by atoms with Gasteiger partial charge in [-0.15, -0.1) is 0 Å². The number of aryl methyl sites for hydroxylation is 1. The van der Waals surface area contributed by atoms with Crippen LogP contribution in [0.25, 0.3) is 16.7 Å². The van der Waals surface area contributed by atoms with Crippen molar-refractivity contribution in [1.82, 2.24) is 9.55 Å². The van der Waals surface area contributed by atoms with Crippen molar-refractivity contribution in [2.75, 3.05) is 0 Å². The van der Waals surface area contributed by atoms with Crippen LogP contribution in [0.5, 0.6) is 0 Å². The smallest absolute Gasteiger partial charge is 0.250 e. The number of H-pyrrole nitrogens is 1. The fourth-order valence-corrected chi connectivity index (χ4v) is 2.94. The summed E-state index contributed by atoms with van der Waals surface area (Å²) in [6.07, 6.45) is 6.34. The van der Waals surface area contributed by atoms with Crippen molar-refractivity contribution in [3.8, 4) is 5.82 Å². The maximum Gasteiger partial charge on any atom is 0.250 e. The number of para-hydroxylation sites is 1. The minimum absolute atomic E-state index is 0.882. The first-order valence-electron chi connectivity index (χ1n) is 7.50. The van der Waals surface area contributed by atoms with Crippen LogP contribution in [-0.4, -0.2) is 9.55 Å². The first kappa shape index (κ1) is 12.9. The zero-order valence-corrected chi connectivity index (χ0v) is 12.5. The Morgan fingerprint density at radius 2 is 1.77 bits per heavy atom. The minimum Gasteiger partial charge on any atom is -0.321 e. The number of aromatic nitrogens is 3. The lowest BCUT2D eigenvalue weighted by atomic mass is 10.2. The number of aromatic amines is 1. The first-order chi connectivity index (χ1) is 10.8. The van der Waals surface area contributed by atoms with E-state index in [2.05, 4.69) is 88.3 Å². The molecule has 1 N–H and O–H groups in total. The van der Waals surface area contributed by atoms with Gasteiger partial charge in [0.2, 0.25) is 12.1 Å². The van der Waals surface area contributed by atoms with Gasteiger partial charge in [-0.2, -0.15) is 4.57 Å². The summed E-state index contributed by atoms with van der Waals surface area (Å²) in [4.78, 5) is 3.51. The van der Waals surface area contributed by atoms with E-state index >= 15 is 0 Å². The minimum atomic E-state index is 0.882. The summed E-state index contributed by atoms with van der Waals surface area (Å²) in [6, 6.07) is 18.9. The van der Waals surface area contributed by atoms with Gasteiger partial charge in [0.25, 0.3) is 0 Å². The first-order valence-corrected chi connectivity index (χ1v) is 7.50. The predicted molar refractivity (Wildman–Crippen MR) is 88.1 cm³/mol. The molecule has 3 nitrogen and oxygen atoms in total. The Morgan fingerprint density at radius 1 is 1.00 bits per heavy atom. The average Bonchev–Trinajstić information content (AvgIpc) is 3.14. The SMILES string of the molecule is Cc1c(-n2cc[n+](Cc3ccccc3)c2)[nH]c2ccccc12. The number of nitrogens with one attached hydrogen (secondary N) is 1. The van der Waals surface area contributed by atoms with E-state index in [0.29, 0.717) is 0 Å². The number of hydrogen-bond donors (Lipinski definition) is 1. The van der Waals surface area contributed by atoms with Crippen LogP contribution >= 0.6 is 0 Å². The molecule has 0 radical (unpaired) electrons.